The molecule has 2 rings (SSSR count). The van der Waals surface area contributed by atoms with Gasteiger partial charge in [0, 0.05) is 11.6 Å². The second-order valence-electron chi connectivity index (χ2n) is 4.05. The number of hydrogen-bond donors (Lipinski definition) is 1. The average molecular weight is 198 g/mol. The second-order valence-corrected chi connectivity index (χ2v) is 4.05. The van der Waals surface area contributed by atoms with Crippen LogP contribution in [0.15, 0.2) is 12.1 Å². The molecule has 1 atom stereocenters. The summed E-state index contributed by atoms with van der Waals surface area (Å²) in [5.41, 5.74) is -0.283. The third-order valence-electron chi connectivity index (χ3n) is 2.78. The van der Waals surface area contributed by atoms with Crippen molar-refractivity contribution in [3.05, 3.63) is 34.9 Å². The Balaban J connectivity index is 2.63. The van der Waals surface area contributed by atoms with Crippen molar-refractivity contribution in [2.45, 2.75) is 31.8 Å². The summed E-state index contributed by atoms with van der Waals surface area (Å²) < 4.78 is 26.3. The maximum atomic E-state index is 13.4. The van der Waals surface area contributed by atoms with Crippen molar-refractivity contribution in [1.82, 2.24) is 0 Å². The Labute approximate surface area is 81.4 Å². The fraction of sp³-hybridized carbons (Fsp3) is 0.455. The molecule has 0 fully saturated rings. The topological polar surface area (TPSA) is 20.2 Å². The summed E-state index contributed by atoms with van der Waals surface area (Å²) in [5, 5.41) is 9.94. The third-order valence-corrected chi connectivity index (χ3v) is 2.78. The van der Waals surface area contributed by atoms with Crippen molar-refractivity contribution in [1.29, 1.82) is 0 Å². The lowest BCUT2D eigenvalue weighted by molar-refractivity contribution is 0.0347. The Morgan fingerprint density at radius 2 is 2.07 bits per heavy atom. The van der Waals surface area contributed by atoms with Gasteiger partial charge in [-0.1, -0.05) is 0 Å². The predicted octanol–water partition coefficient (Wildman–Crippen LogP) is 2.51. The van der Waals surface area contributed by atoms with Crippen LogP contribution in [0, 0.1) is 11.6 Å². The molecule has 1 aliphatic rings. The highest BCUT2D eigenvalue weighted by Gasteiger charge is 2.32. The van der Waals surface area contributed by atoms with Gasteiger partial charge in [0.15, 0.2) is 0 Å². The van der Waals surface area contributed by atoms with Crippen LogP contribution in [0.3, 0.4) is 0 Å². The SMILES string of the molecule is CC1(O)CCCc2cc(F)cc(F)c21. The van der Waals surface area contributed by atoms with E-state index in [-0.39, 0.29) is 5.56 Å². The van der Waals surface area contributed by atoms with Crippen LogP contribution in [0.5, 0.6) is 0 Å². The van der Waals surface area contributed by atoms with Crippen LogP contribution in [0.25, 0.3) is 0 Å². The molecule has 0 saturated carbocycles. The Kier molecular flexibility index (Phi) is 2.07. The van der Waals surface area contributed by atoms with Crippen molar-refractivity contribution in [2.75, 3.05) is 0 Å². The zero-order valence-electron chi connectivity index (χ0n) is 7.98. The highest BCUT2D eigenvalue weighted by Crippen LogP contribution is 2.36. The lowest BCUT2D eigenvalue weighted by atomic mass is 9.80. The summed E-state index contributed by atoms with van der Waals surface area (Å²) in [6, 6.07) is 2.14. The van der Waals surface area contributed by atoms with Gasteiger partial charge in [-0.15, -0.1) is 0 Å². The lowest BCUT2D eigenvalue weighted by Crippen LogP contribution is -2.28. The van der Waals surface area contributed by atoms with Crippen molar-refractivity contribution in [3.63, 3.8) is 0 Å². The molecule has 0 aromatic heterocycles. The standard InChI is InChI=1S/C11H12F2O/c1-11(14)4-2-3-7-5-8(12)6-9(13)10(7)11/h5-6,14H,2-4H2,1H3. The van der Waals surface area contributed by atoms with Gasteiger partial charge in [-0.25, -0.2) is 8.78 Å². The molecule has 0 saturated heterocycles. The van der Waals surface area contributed by atoms with E-state index >= 15 is 0 Å². The van der Waals surface area contributed by atoms with E-state index in [0.717, 1.165) is 12.5 Å². The second kappa shape index (κ2) is 3.02. The fourth-order valence-corrected chi connectivity index (χ4v) is 2.18. The van der Waals surface area contributed by atoms with Crippen LogP contribution < -0.4 is 0 Å². The monoisotopic (exact) mass is 198 g/mol. The Morgan fingerprint density at radius 3 is 2.79 bits per heavy atom. The van der Waals surface area contributed by atoms with Crippen molar-refractivity contribution >= 4 is 0 Å². The summed E-state index contributed by atoms with van der Waals surface area (Å²) in [5.74, 6) is -1.20. The molecule has 1 aliphatic carbocycles. The lowest BCUT2D eigenvalue weighted by Gasteiger charge is -2.31. The van der Waals surface area contributed by atoms with E-state index in [1.54, 1.807) is 6.92 Å². The molecule has 0 spiro atoms. The van der Waals surface area contributed by atoms with E-state index in [9.17, 15) is 13.9 Å². The first kappa shape index (κ1) is 9.59. The van der Waals surface area contributed by atoms with E-state index in [0.29, 0.717) is 18.4 Å². The Bertz CT molecular complexity index is 372. The van der Waals surface area contributed by atoms with E-state index in [1.165, 1.54) is 6.07 Å². The van der Waals surface area contributed by atoms with Gasteiger partial charge in [0.2, 0.25) is 0 Å². The molecular weight excluding hydrogens is 186 g/mol. The van der Waals surface area contributed by atoms with Gasteiger partial charge in [-0.2, -0.15) is 0 Å². The van der Waals surface area contributed by atoms with Crippen LogP contribution in [-0.2, 0) is 12.0 Å². The minimum atomic E-state index is -1.15. The van der Waals surface area contributed by atoms with Crippen molar-refractivity contribution < 1.29 is 13.9 Å². The van der Waals surface area contributed by atoms with Crippen molar-refractivity contribution in [2.24, 2.45) is 0 Å². The highest BCUT2D eigenvalue weighted by atomic mass is 19.1. The summed E-state index contributed by atoms with van der Waals surface area (Å²) in [6.45, 7) is 1.58. The molecule has 0 radical (unpaired) electrons. The van der Waals surface area contributed by atoms with Crippen LogP contribution in [0.1, 0.15) is 30.9 Å². The smallest absolute Gasteiger partial charge is 0.132 e. The van der Waals surface area contributed by atoms with Crippen LogP contribution >= 0.6 is 0 Å². The maximum absolute atomic E-state index is 13.4. The van der Waals surface area contributed by atoms with Gasteiger partial charge < -0.3 is 5.11 Å². The summed E-state index contributed by atoms with van der Waals surface area (Å²) >= 11 is 0. The quantitative estimate of drug-likeness (QED) is 0.679. The molecule has 1 aromatic rings. The summed E-state index contributed by atoms with van der Waals surface area (Å²) in [6.07, 6.45) is 1.94. The minimum absolute atomic E-state index is 0.269. The Hall–Kier alpha value is -0.960. The van der Waals surface area contributed by atoms with Crippen LogP contribution in [-0.4, -0.2) is 5.11 Å². The molecule has 1 nitrogen and oxygen atoms in total. The van der Waals surface area contributed by atoms with Gasteiger partial charge in [0.05, 0.1) is 5.60 Å². The normalized spacial score (nSPS) is 26.0. The molecule has 1 aromatic carbocycles. The van der Waals surface area contributed by atoms with Gasteiger partial charge in [-0.05, 0) is 37.8 Å². The maximum Gasteiger partial charge on any atom is 0.132 e. The molecule has 3 heteroatoms. The molecule has 1 unspecified atom stereocenters. The van der Waals surface area contributed by atoms with Gasteiger partial charge in [0.1, 0.15) is 11.6 Å². The molecule has 1 N–H and O–H groups in total. The molecule has 0 aliphatic heterocycles. The molecule has 0 amide bonds. The number of rotatable bonds is 0. The number of aliphatic hydroxyl groups is 1. The zero-order chi connectivity index (χ0) is 10.3. The van der Waals surface area contributed by atoms with Crippen LogP contribution in [0.4, 0.5) is 8.78 Å². The van der Waals surface area contributed by atoms with E-state index in [1.807, 2.05) is 0 Å². The van der Waals surface area contributed by atoms with Gasteiger partial charge >= 0.3 is 0 Å². The van der Waals surface area contributed by atoms with Crippen LogP contribution in [0.2, 0.25) is 0 Å². The average Bonchev–Trinajstić information content (AvgIpc) is 2.00. The first-order valence-corrected chi connectivity index (χ1v) is 4.71. The molecule has 0 heterocycles. The molecule has 14 heavy (non-hydrogen) atoms. The zero-order valence-corrected chi connectivity index (χ0v) is 7.98. The minimum Gasteiger partial charge on any atom is -0.385 e. The highest BCUT2D eigenvalue weighted by molar-refractivity contribution is 5.36. The largest absolute Gasteiger partial charge is 0.385 e. The number of hydrogen-bond acceptors (Lipinski definition) is 1. The number of aryl methyl sites for hydroxylation is 1. The van der Waals surface area contributed by atoms with E-state index in [2.05, 4.69) is 0 Å². The van der Waals surface area contributed by atoms with E-state index < -0.39 is 17.2 Å². The van der Waals surface area contributed by atoms with Crippen molar-refractivity contribution in [3.8, 4) is 0 Å². The number of halogens is 2. The first-order valence-electron chi connectivity index (χ1n) is 4.71. The Morgan fingerprint density at radius 1 is 1.36 bits per heavy atom. The number of benzene rings is 1. The summed E-state index contributed by atoms with van der Waals surface area (Å²) in [4.78, 5) is 0. The molecule has 0 bridgehead atoms. The molecule has 76 valence electrons. The summed E-state index contributed by atoms with van der Waals surface area (Å²) in [7, 11) is 0. The van der Waals surface area contributed by atoms with Gasteiger partial charge in [0.25, 0.3) is 0 Å². The fourth-order valence-electron chi connectivity index (χ4n) is 2.18. The first-order chi connectivity index (χ1) is 6.50. The third kappa shape index (κ3) is 1.42. The molecular formula is C11H12F2O. The number of fused-ring (bicyclic) bond motifs is 1. The van der Waals surface area contributed by atoms with Gasteiger partial charge in [-0.3, -0.25) is 0 Å². The predicted molar refractivity (Wildman–Crippen MR) is 48.9 cm³/mol. The van der Waals surface area contributed by atoms with E-state index in [4.69, 9.17) is 0 Å².